The predicted molar refractivity (Wildman–Crippen MR) is 87.1 cm³/mol. The Hall–Kier alpha value is -1.31. The summed E-state index contributed by atoms with van der Waals surface area (Å²) in [5.74, 6) is 1.24. The summed E-state index contributed by atoms with van der Waals surface area (Å²) in [4.78, 5) is 26.1. The zero-order valence-corrected chi connectivity index (χ0v) is 13.2. The SMILES string of the molecule is O=C(O)/C=C/c1ccc(C(=O)NCCN2CCSCC2)s1. The first-order chi connectivity index (χ1) is 10.1. The highest BCUT2D eigenvalue weighted by Crippen LogP contribution is 2.17. The Morgan fingerprint density at radius 1 is 1.33 bits per heavy atom. The summed E-state index contributed by atoms with van der Waals surface area (Å²) in [7, 11) is 0. The van der Waals surface area contributed by atoms with Gasteiger partial charge >= 0.3 is 5.97 Å². The number of thiophene rings is 1. The molecule has 2 rings (SSSR count). The number of hydrogen-bond donors (Lipinski definition) is 2. The summed E-state index contributed by atoms with van der Waals surface area (Å²) < 4.78 is 0. The van der Waals surface area contributed by atoms with E-state index in [0.717, 1.165) is 42.1 Å². The Labute approximate surface area is 132 Å². The van der Waals surface area contributed by atoms with Crippen LogP contribution < -0.4 is 5.32 Å². The number of amides is 1. The summed E-state index contributed by atoms with van der Waals surface area (Å²) in [5.41, 5.74) is 0. The molecule has 21 heavy (non-hydrogen) atoms. The maximum atomic E-state index is 12.0. The molecule has 1 aliphatic rings. The maximum Gasteiger partial charge on any atom is 0.328 e. The van der Waals surface area contributed by atoms with Crippen LogP contribution in [0.5, 0.6) is 0 Å². The normalized spacial score (nSPS) is 16.2. The Balaban J connectivity index is 1.76. The van der Waals surface area contributed by atoms with E-state index in [0.29, 0.717) is 11.4 Å². The monoisotopic (exact) mass is 326 g/mol. The molecular formula is C14H18N2O3S2. The van der Waals surface area contributed by atoms with E-state index in [1.54, 1.807) is 12.1 Å². The summed E-state index contributed by atoms with van der Waals surface area (Å²) >= 11 is 3.26. The average Bonchev–Trinajstić information content (AvgIpc) is 2.95. The third-order valence-electron chi connectivity index (χ3n) is 3.06. The van der Waals surface area contributed by atoms with Crippen LogP contribution in [0.25, 0.3) is 6.08 Å². The van der Waals surface area contributed by atoms with Crippen LogP contribution in [-0.4, -0.2) is 59.6 Å². The molecule has 0 aliphatic carbocycles. The van der Waals surface area contributed by atoms with Gasteiger partial charge in [-0.05, 0) is 18.2 Å². The maximum absolute atomic E-state index is 12.0. The first-order valence-corrected chi connectivity index (χ1v) is 8.71. The summed E-state index contributed by atoms with van der Waals surface area (Å²) in [5, 5.41) is 11.5. The lowest BCUT2D eigenvalue weighted by molar-refractivity contribution is -0.131. The number of rotatable bonds is 6. The van der Waals surface area contributed by atoms with E-state index in [9.17, 15) is 9.59 Å². The molecule has 0 aromatic carbocycles. The highest BCUT2D eigenvalue weighted by Gasteiger charge is 2.11. The first kappa shape index (κ1) is 16.1. The van der Waals surface area contributed by atoms with Crippen molar-refractivity contribution in [3.05, 3.63) is 28.0 Å². The van der Waals surface area contributed by atoms with Crippen LogP contribution in [-0.2, 0) is 4.79 Å². The van der Waals surface area contributed by atoms with Gasteiger partial charge < -0.3 is 10.4 Å². The average molecular weight is 326 g/mol. The molecule has 1 fully saturated rings. The molecular weight excluding hydrogens is 308 g/mol. The van der Waals surface area contributed by atoms with Crippen molar-refractivity contribution in [2.24, 2.45) is 0 Å². The molecule has 5 nitrogen and oxygen atoms in total. The number of nitrogens with zero attached hydrogens (tertiary/aromatic N) is 1. The third kappa shape index (κ3) is 5.53. The van der Waals surface area contributed by atoms with Gasteiger partial charge in [0.1, 0.15) is 0 Å². The summed E-state index contributed by atoms with van der Waals surface area (Å²) in [6.07, 6.45) is 2.57. The van der Waals surface area contributed by atoms with Gasteiger partial charge in [-0.2, -0.15) is 11.8 Å². The van der Waals surface area contributed by atoms with Crippen molar-refractivity contribution >= 4 is 41.1 Å². The van der Waals surface area contributed by atoms with E-state index in [1.165, 1.54) is 17.4 Å². The van der Waals surface area contributed by atoms with E-state index >= 15 is 0 Å². The minimum Gasteiger partial charge on any atom is -0.478 e. The highest BCUT2D eigenvalue weighted by molar-refractivity contribution is 7.99. The fourth-order valence-corrected chi connectivity index (χ4v) is 3.76. The topological polar surface area (TPSA) is 69.6 Å². The van der Waals surface area contributed by atoms with E-state index < -0.39 is 5.97 Å². The molecule has 0 saturated carbocycles. The van der Waals surface area contributed by atoms with Gasteiger partial charge in [0.25, 0.3) is 5.91 Å². The second kappa shape index (κ2) is 8.21. The molecule has 1 saturated heterocycles. The Morgan fingerprint density at radius 2 is 2.10 bits per heavy atom. The van der Waals surface area contributed by atoms with Crippen LogP contribution in [0, 0.1) is 0 Å². The van der Waals surface area contributed by atoms with E-state index in [2.05, 4.69) is 10.2 Å². The standard InChI is InChI=1S/C14H18N2O3S2/c17-13(18)4-2-11-1-3-12(21-11)14(19)15-5-6-16-7-9-20-10-8-16/h1-4H,5-10H2,(H,15,19)(H,17,18)/b4-2+. The van der Waals surface area contributed by atoms with Gasteiger partial charge in [0.05, 0.1) is 4.88 Å². The van der Waals surface area contributed by atoms with Crippen molar-refractivity contribution < 1.29 is 14.7 Å². The molecule has 0 radical (unpaired) electrons. The van der Waals surface area contributed by atoms with E-state index in [-0.39, 0.29) is 5.91 Å². The Morgan fingerprint density at radius 3 is 2.81 bits per heavy atom. The van der Waals surface area contributed by atoms with Crippen molar-refractivity contribution in [1.29, 1.82) is 0 Å². The quantitative estimate of drug-likeness (QED) is 0.778. The zero-order chi connectivity index (χ0) is 15.1. The lowest BCUT2D eigenvalue weighted by Gasteiger charge is -2.25. The number of carboxylic acid groups (broad SMARTS) is 1. The van der Waals surface area contributed by atoms with Crippen LogP contribution in [0.1, 0.15) is 14.5 Å². The lowest BCUT2D eigenvalue weighted by atomic mass is 10.3. The second-order valence-electron chi connectivity index (χ2n) is 4.58. The van der Waals surface area contributed by atoms with Crippen molar-refractivity contribution in [2.75, 3.05) is 37.7 Å². The minimum atomic E-state index is -0.992. The molecule has 1 aromatic heterocycles. The summed E-state index contributed by atoms with van der Waals surface area (Å²) in [6, 6.07) is 3.47. The van der Waals surface area contributed by atoms with Crippen molar-refractivity contribution in [2.45, 2.75) is 0 Å². The van der Waals surface area contributed by atoms with Gasteiger partial charge in [0, 0.05) is 48.6 Å². The van der Waals surface area contributed by atoms with Gasteiger partial charge in [-0.3, -0.25) is 9.69 Å². The molecule has 0 bridgehead atoms. The lowest BCUT2D eigenvalue weighted by Crippen LogP contribution is -2.39. The fourth-order valence-electron chi connectivity index (χ4n) is 1.96. The predicted octanol–water partition coefficient (Wildman–Crippen LogP) is 1.62. The zero-order valence-electron chi connectivity index (χ0n) is 11.6. The molecule has 0 unspecified atom stereocenters. The Bertz CT molecular complexity index is 522. The molecule has 7 heteroatoms. The molecule has 1 aliphatic heterocycles. The Kier molecular flexibility index (Phi) is 6.28. The van der Waals surface area contributed by atoms with Gasteiger partial charge in [-0.25, -0.2) is 4.79 Å². The third-order valence-corrected chi connectivity index (χ3v) is 5.05. The van der Waals surface area contributed by atoms with Crippen LogP contribution in [0.3, 0.4) is 0 Å². The molecule has 0 spiro atoms. The smallest absolute Gasteiger partial charge is 0.328 e. The number of aliphatic carboxylic acids is 1. The van der Waals surface area contributed by atoms with Crippen LogP contribution in [0.2, 0.25) is 0 Å². The molecule has 2 heterocycles. The van der Waals surface area contributed by atoms with E-state index in [1.807, 2.05) is 11.8 Å². The molecule has 1 amide bonds. The van der Waals surface area contributed by atoms with Crippen LogP contribution >= 0.6 is 23.1 Å². The number of carbonyl (C=O) groups is 2. The number of thioether (sulfide) groups is 1. The van der Waals surface area contributed by atoms with Crippen molar-refractivity contribution in [3.63, 3.8) is 0 Å². The van der Waals surface area contributed by atoms with Crippen LogP contribution in [0.4, 0.5) is 0 Å². The van der Waals surface area contributed by atoms with E-state index in [4.69, 9.17) is 5.11 Å². The fraction of sp³-hybridized carbons (Fsp3) is 0.429. The van der Waals surface area contributed by atoms with Crippen LogP contribution in [0.15, 0.2) is 18.2 Å². The molecule has 1 aromatic rings. The number of hydrogen-bond acceptors (Lipinski definition) is 5. The van der Waals surface area contributed by atoms with Gasteiger partial charge in [0.15, 0.2) is 0 Å². The summed E-state index contributed by atoms with van der Waals surface area (Å²) in [6.45, 7) is 3.69. The van der Waals surface area contributed by atoms with Gasteiger partial charge in [0.2, 0.25) is 0 Å². The first-order valence-electron chi connectivity index (χ1n) is 6.74. The number of nitrogens with one attached hydrogen (secondary N) is 1. The minimum absolute atomic E-state index is 0.0960. The number of carboxylic acids is 1. The molecule has 114 valence electrons. The van der Waals surface area contributed by atoms with Crippen molar-refractivity contribution in [3.8, 4) is 0 Å². The highest BCUT2D eigenvalue weighted by atomic mass is 32.2. The van der Waals surface area contributed by atoms with Gasteiger partial charge in [-0.1, -0.05) is 0 Å². The van der Waals surface area contributed by atoms with Crippen molar-refractivity contribution in [1.82, 2.24) is 10.2 Å². The van der Waals surface area contributed by atoms with Gasteiger partial charge in [-0.15, -0.1) is 11.3 Å². The molecule has 2 N–H and O–H groups in total. The number of carbonyl (C=O) groups excluding carboxylic acids is 1. The molecule has 0 atom stereocenters. The second-order valence-corrected chi connectivity index (χ2v) is 6.92. The largest absolute Gasteiger partial charge is 0.478 e.